The van der Waals surface area contributed by atoms with Crippen molar-refractivity contribution in [3.8, 4) is 11.4 Å². The molecule has 2 aromatic heterocycles. The molecular weight excluding hydrogens is 356 g/mol. The van der Waals surface area contributed by atoms with Crippen LogP contribution in [0.5, 0.6) is 0 Å². The summed E-state index contributed by atoms with van der Waals surface area (Å²) in [7, 11) is 0. The van der Waals surface area contributed by atoms with Crippen LogP contribution in [0.4, 0.5) is 17.5 Å². The number of amides is 1. The molecule has 0 bridgehead atoms. The largest absolute Gasteiger partial charge is 0.365 e. The second kappa shape index (κ2) is 7.97. The van der Waals surface area contributed by atoms with Crippen molar-refractivity contribution in [1.29, 1.82) is 0 Å². The number of hydrogen-bond donors (Lipinski definition) is 4. The molecule has 5 N–H and O–H groups in total. The SMILES string of the molecule is NC(=O)c1cnc(N[C@@H]2CCNC2)nc1Nc1cccc(-c2ncccn2)c1. The van der Waals surface area contributed by atoms with Gasteiger partial charge in [-0.25, -0.2) is 15.0 Å². The van der Waals surface area contributed by atoms with Gasteiger partial charge in [-0.2, -0.15) is 4.98 Å². The summed E-state index contributed by atoms with van der Waals surface area (Å²) in [4.78, 5) is 29.0. The lowest BCUT2D eigenvalue weighted by Gasteiger charge is -2.14. The summed E-state index contributed by atoms with van der Waals surface area (Å²) in [5.74, 6) is 0.810. The fraction of sp³-hybridized carbons (Fsp3) is 0.211. The Morgan fingerprint density at radius 1 is 1.18 bits per heavy atom. The monoisotopic (exact) mass is 376 g/mol. The molecule has 0 unspecified atom stereocenters. The third kappa shape index (κ3) is 4.04. The van der Waals surface area contributed by atoms with E-state index in [2.05, 4.69) is 35.9 Å². The summed E-state index contributed by atoms with van der Waals surface area (Å²) in [6.45, 7) is 1.80. The van der Waals surface area contributed by atoms with Crippen LogP contribution in [0, 0.1) is 0 Å². The first kappa shape index (κ1) is 17.8. The molecule has 3 heterocycles. The van der Waals surface area contributed by atoms with Crippen LogP contribution in [-0.2, 0) is 0 Å². The van der Waals surface area contributed by atoms with Crippen LogP contribution in [0.3, 0.4) is 0 Å². The number of nitrogens with one attached hydrogen (secondary N) is 3. The Hall–Kier alpha value is -3.59. The summed E-state index contributed by atoms with van der Waals surface area (Å²) < 4.78 is 0. The summed E-state index contributed by atoms with van der Waals surface area (Å²) >= 11 is 0. The van der Waals surface area contributed by atoms with E-state index in [1.165, 1.54) is 6.20 Å². The first-order valence-corrected chi connectivity index (χ1v) is 8.97. The van der Waals surface area contributed by atoms with E-state index >= 15 is 0 Å². The Morgan fingerprint density at radius 2 is 2.04 bits per heavy atom. The maximum Gasteiger partial charge on any atom is 0.254 e. The maximum atomic E-state index is 11.8. The van der Waals surface area contributed by atoms with Crippen molar-refractivity contribution in [2.75, 3.05) is 23.7 Å². The Morgan fingerprint density at radius 3 is 2.79 bits per heavy atom. The second-order valence-electron chi connectivity index (χ2n) is 6.43. The van der Waals surface area contributed by atoms with Crippen LogP contribution in [-0.4, -0.2) is 45.0 Å². The smallest absolute Gasteiger partial charge is 0.254 e. The van der Waals surface area contributed by atoms with Crippen LogP contribution in [0.2, 0.25) is 0 Å². The van der Waals surface area contributed by atoms with E-state index in [0.717, 1.165) is 30.8 Å². The molecule has 0 spiro atoms. The molecular formula is C19H20N8O. The van der Waals surface area contributed by atoms with Crippen LogP contribution >= 0.6 is 0 Å². The molecule has 1 atom stereocenters. The van der Waals surface area contributed by atoms with Gasteiger partial charge in [-0.1, -0.05) is 12.1 Å². The summed E-state index contributed by atoms with van der Waals surface area (Å²) in [6.07, 6.45) is 5.80. The number of nitrogens with zero attached hydrogens (tertiary/aromatic N) is 4. The van der Waals surface area contributed by atoms with Gasteiger partial charge in [0.2, 0.25) is 5.95 Å². The van der Waals surface area contributed by atoms with Crippen molar-refractivity contribution in [3.63, 3.8) is 0 Å². The summed E-state index contributed by atoms with van der Waals surface area (Å²) in [5.41, 5.74) is 7.29. The van der Waals surface area contributed by atoms with Crippen molar-refractivity contribution in [1.82, 2.24) is 25.3 Å². The minimum Gasteiger partial charge on any atom is -0.365 e. The fourth-order valence-electron chi connectivity index (χ4n) is 3.01. The molecule has 1 aliphatic heterocycles. The number of primary amides is 1. The predicted molar refractivity (Wildman–Crippen MR) is 106 cm³/mol. The Balaban J connectivity index is 1.61. The molecule has 1 aromatic carbocycles. The molecule has 1 amide bonds. The molecule has 3 aromatic rings. The fourth-order valence-corrected chi connectivity index (χ4v) is 3.01. The molecule has 142 valence electrons. The average molecular weight is 376 g/mol. The zero-order valence-corrected chi connectivity index (χ0v) is 15.1. The van der Waals surface area contributed by atoms with Gasteiger partial charge in [0.05, 0.1) is 0 Å². The lowest BCUT2D eigenvalue weighted by Crippen LogP contribution is -2.24. The van der Waals surface area contributed by atoms with Crippen molar-refractivity contribution in [3.05, 3.63) is 54.5 Å². The highest BCUT2D eigenvalue weighted by molar-refractivity contribution is 5.98. The van der Waals surface area contributed by atoms with Gasteiger partial charge < -0.3 is 21.7 Å². The highest BCUT2D eigenvalue weighted by atomic mass is 16.1. The number of carbonyl (C=O) groups excluding carboxylic acids is 1. The van der Waals surface area contributed by atoms with Crippen LogP contribution in [0.1, 0.15) is 16.8 Å². The molecule has 28 heavy (non-hydrogen) atoms. The normalized spacial score (nSPS) is 15.9. The topological polar surface area (TPSA) is 131 Å². The van der Waals surface area contributed by atoms with Crippen LogP contribution in [0.15, 0.2) is 48.9 Å². The number of aromatic nitrogens is 4. The number of nitrogens with two attached hydrogens (primary N) is 1. The quantitative estimate of drug-likeness (QED) is 0.510. The van der Waals surface area contributed by atoms with Crippen molar-refractivity contribution in [2.45, 2.75) is 12.5 Å². The third-order valence-corrected chi connectivity index (χ3v) is 4.40. The first-order chi connectivity index (χ1) is 13.7. The van der Waals surface area contributed by atoms with E-state index in [1.807, 2.05) is 24.3 Å². The number of carbonyl (C=O) groups is 1. The van der Waals surface area contributed by atoms with Gasteiger partial charge >= 0.3 is 0 Å². The number of hydrogen-bond acceptors (Lipinski definition) is 8. The molecule has 4 rings (SSSR count). The van der Waals surface area contributed by atoms with Gasteiger partial charge in [-0.3, -0.25) is 4.79 Å². The predicted octanol–water partition coefficient (Wildman–Crippen LogP) is 1.55. The van der Waals surface area contributed by atoms with Crippen LogP contribution < -0.4 is 21.7 Å². The molecule has 0 saturated carbocycles. The van der Waals surface area contributed by atoms with Crippen molar-refractivity contribution in [2.24, 2.45) is 5.73 Å². The average Bonchev–Trinajstić information content (AvgIpc) is 3.22. The molecule has 1 aliphatic rings. The zero-order chi connectivity index (χ0) is 19.3. The number of anilines is 3. The Kier molecular flexibility index (Phi) is 5.07. The second-order valence-corrected chi connectivity index (χ2v) is 6.43. The van der Waals surface area contributed by atoms with Gasteiger partial charge in [0, 0.05) is 42.4 Å². The Labute approximate surface area is 161 Å². The number of benzene rings is 1. The molecule has 0 radical (unpaired) electrons. The van der Waals surface area contributed by atoms with Gasteiger partial charge in [0.25, 0.3) is 5.91 Å². The molecule has 1 saturated heterocycles. The van der Waals surface area contributed by atoms with Gasteiger partial charge in [-0.05, 0) is 31.2 Å². The lowest BCUT2D eigenvalue weighted by atomic mass is 10.2. The molecule has 0 aliphatic carbocycles. The van der Waals surface area contributed by atoms with E-state index in [4.69, 9.17) is 5.73 Å². The van der Waals surface area contributed by atoms with Gasteiger partial charge in [0.1, 0.15) is 11.4 Å². The minimum absolute atomic E-state index is 0.219. The van der Waals surface area contributed by atoms with E-state index in [9.17, 15) is 4.79 Å². The highest BCUT2D eigenvalue weighted by Gasteiger charge is 2.17. The van der Waals surface area contributed by atoms with Crippen molar-refractivity contribution >= 4 is 23.4 Å². The zero-order valence-electron chi connectivity index (χ0n) is 15.1. The van der Waals surface area contributed by atoms with E-state index in [-0.39, 0.29) is 11.6 Å². The molecule has 1 fully saturated rings. The Bertz CT molecular complexity index is 973. The third-order valence-electron chi connectivity index (χ3n) is 4.40. The van der Waals surface area contributed by atoms with Crippen molar-refractivity contribution < 1.29 is 4.79 Å². The number of rotatable bonds is 6. The molecule has 9 heteroatoms. The minimum atomic E-state index is -0.598. The maximum absolute atomic E-state index is 11.8. The summed E-state index contributed by atoms with van der Waals surface area (Å²) in [5, 5.41) is 9.72. The lowest BCUT2D eigenvalue weighted by molar-refractivity contribution is 0.100. The van der Waals surface area contributed by atoms with Crippen LogP contribution in [0.25, 0.3) is 11.4 Å². The first-order valence-electron chi connectivity index (χ1n) is 8.97. The standard InChI is InChI=1S/C19H20N8O/c20-16(28)15-11-24-19(26-14-5-8-21-10-14)27-18(15)25-13-4-1-3-12(9-13)17-22-6-2-7-23-17/h1-4,6-7,9,11,14,21H,5,8,10H2,(H2,20,28)(H2,24,25,26,27)/t14-/m1/s1. The van der Waals surface area contributed by atoms with Gasteiger partial charge in [-0.15, -0.1) is 0 Å². The highest BCUT2D eigenvalue weighted by Crippen LogP contribution is 2.24. The summed E-state index contributed by atoms with van der Waals surface area (Å²) in [6, 6.07) is 9.56. The van der Waals surface area contributed by atoms with Gasteiger partial charge in [0.15, 0.2) is 5.82 Å². The molecule has 9 nitrogen and oxygen atoms in total. The van der Waals surface area contributed by atoms with E-state index in [0.29, 0.717) is 17.6 Å². The van der Waals surface area contributed by atoms with E-state index < -0.39 is 5.91 Å². The van der Waals surface area contributed by atoms with E-state index in [1.54, 1.807) is 18.5 Å².